The molecule has 1 atom stereocenters. The summed E-state index contributed by atoms with van der Waals surface area (Å²) in [7, 11) is 0. The van der Waals surface area contributed by atoms with E-state index in [0.29, 0.717) is 17.9 Å². The topological polar surface area (TPSA) is 62.5 Å². The third-order valence-corrected chi connectivity index (χ3v) is 4.15. The van der Waals surface area contributed by atoms with Gasteiger partial charge in [-0.3, -0.25) is 4.79 Å². The number of nitrogens with one attached hydrogen (secondary N) is 1. The zero-order valence-corrected chi connectivity index (χ0v) is 13.4. The first-order valence-electron chi connectivity index (χ1n) is 7.18. The van der Waals surface area contributed by atoms with Crippen LogP contribution in [0.25, 0.3) is 0 Å². The number of hydrogen-bond acceptors (Lipinski definition) is 4. The normalized spacial score (nSPS) is 13.5. The molecule has 1 aromatic heterocycles. The molecule has 118 valence electrons. The third kappa shape index (κ3) is 5.95. The summed E-state index contributed by atoms with van der Waals surface area (Å²) in [5.41, 5.74) is 0.183. The largest absolute Gasteiger partial charge is 0.469 e. The Morgan fingerprint density at radius 3 is 2.73 bits per heavy atom. The van der Waals surface area contributed by atoms with Crippen molar-refractivity contribution < 1.29 is 14.3 Å². The highest BCUT2D eigenvalue weighted by molar-refractivity contribution is 7.99. The average Bonchev–Trinajstić information content (AvgIpc) is 2.99. The molecule has 0 radical (unpaired) electrons. The van der Waals surface area contributed by atoms with Gasteiger partial charge in [-0.25, -0.2) is 0 Å². The Hall–Kier alpha value is -1.72. The molecule has 0 aliphatic carbocycles. The summed E-state index contributed by atoms with van der Waals surface area (Å²) in [5.74, 6) is 1.82. The van der Waals surface area contributed by atoms with E-state index in [-0.39, 0.29) is 12.5 Å². The number of aliphatic hydroxyl groups is 1. The van der Waals surface area contributed by atoms with Crippen LogP contribution in [0.1, 0.15) is 18.2 Å². The quantitative estimate of drug-likeness (QED) is 0.785. The van der Waals surface area contributed by atoms with E-state index in [0.717, 1.165) is 5.75 Å². The molecule has 1 heterocycles. The lowest BCUT2D eigenvalue weighted by Gasteiger charge is -2.22. The molecule has 2 aromatic rings. The van der Waals surface area contributed by atoms with E-state index in [1.54, 1.807) is 31.0 Å². The molecule has 22 heavy (non-hydrogen) atoms. The Labute approximate surface area is 134 Å². The van der Waals surface area contributed by atoms with Crippen molar-refractivity contribution in [2.24, 2.45) is 0 Å². The van der Waals surface area contributed by atoms with Crippen molar-refractivity contribution >= 4 is 17.7 Å². The molecule has 0 fully saturated rings. The van der Waals surface area contributed by atoms with Crippen LogP contribution in [-0.4, -0.2) is 28.9 Å². The Morgan fingerprint density at radius 1 is 1.27 bits per heavy atom. The highest BCUT2D eigenvalue weighted by Crippen LogP contribution is 2.14. The molecule has 5 heteroatoms. The average molecular weight is 319 g/mol. The van der Waals surface area contributed by atoms with Gasteiger partial charge < -0.3 is 14.8 Å². The van der Waals surface area contributed by atoms with E-state index in [2.05, 4.69) is 5.32 Å². The first-order chi connectivity index (χ1) is 10.6. The van der Waals surface area contributed by atoms with Crippen LogP contribution in [0, 0.1) is 0 Å². The smallest absolute Gasteiger partial charge is 0.230 e. The SMILES string of the molecule is C[C@](O)(CNC(=O)CSCc1ccccc1)Cc1ccco1. The maximum absolute atomic E-state index is 11.8. The number of carbonyl (C=O) groups excluding carboxylic acids is 1. The fourth-order valence-electron chi connectivity index (χ4n) is 2.03. The van der Waals surface area contributed by atoms with Crippen LogP contribution < -0.4 is 5.32 Å². The third-order valence-electron chi connectivity index (χ3n) is 3.15. The Bertz CT molecular complexity index is 567. The van der Waals surface area contributed by atoms with Crippen LogP contribution >= 0.6 is 11.8 Å². The van der Waals surface area contributed by atoms with Gasteiger partial charge in [-0.1, -0.05) is 30.3 Å². The Kier molecular flexibility index (Phi) is 6.10. The second-order valence-electron chi connectivity index (χ2n) is 5.51. The fourth-order valence-corrected chi connectivity index (χ4v) is 2.84. The number of thioether (sulfide) groups is 1. The van der Waals surface area contributed by atoms with E-state index < -0.39 is 5.60 Å². The Balaban J connectivity index is 1.66. The van der Waals surface area contributed by atoms with Crippen LogP contribution in [0.3, 0.4) is 0 Å². The summed E-state index contributed by atoms with van der Waals surface area (Å²) in [4.78, 5) is 11.8. The lowest BCUT2D eigenvalue weighted by atomic mass is 10.0. The Morgan fingerprint density at radius 2 is 2.05 bits per heavy atom. The summed E-state index contributed by atoms with van der Waals surface area (Å²) in [5, 5.41) is 13.0. The molecule has 0 bridgehead atoms. The molecule has 0 saturated heterocycles. The molecule has 4 nitrogen and oxygen atoms in total. The van der Waals surface area contributed by atoms with Gasteiger partial charge in [0.25, 0.3) is 0 Å². The van der Waals surface area contributed by atoms with Crippen LogP contribution in [0.15, 0.2) is 53.1 Å². The van der Waals surface area contributed by atoms with Gasteiger partial charge in [-0.15, -0.1) is 11.8 Å². The molecule has 0 aliphatic heterocycles. The van der Waals surface area contributed by atoms with Gasteiger partial charge in [-0.05, 0) is 24.6 Å². The zero-order chi connectivity index (χ0) is 15.8. The van der Waals surface area contributed by atoms with Crippen molar-refractivity contribution in [3.05, 3.63) is 60.1 Å². The summed E-state index contributed by atoms with van der Waals surface area (Å²) < 4.78 is 5.21. The van der Waals surface area contributed by atoms with Crippen molar-refractivity contribution in [1.82, 2.24) is 5.32 Å². The monoisotopic (exact) mass is 319 g/mol. The van der Waals surface area contributed by atoms with E-state index in [4.69, 9.17) is 4.42 Å². The number of carbonyl (C=O) groups is 1. The van der Waals surface area contributed by atoms with Crippen LogP contribution in [0.2, 0.25) is 0 Å². The van der Waals surface area contributed by atoms with E-state index in [1.807, 2.05) is 36.4 Å². The maximum atomic E-state index is 11.8. The minimum Gasteiger partial charge on any atom is -0.469 e. The van der Waals surface area contributed by atoms with Crippen molar-refractivity contribution in [2.45, 2.75) is 24.7 Å². The molecule has 0 unspecified atom stereocenters. The molecular weight excluding hydrogens is 298 g/mol. The van der Waals surface area contributed by atoms with E-state index in [1.165, 1.54) is 5.56 Å². The summed E-state index contributed by atoms with van der Waals surface area (Å²) in [6, 6.07) is 13.6. The van der Waals surface area contributed by atoms with Crippen molar-refractivity contribution in [3.8, 4) is 0 Å². The molecule has 2 rings (SSSR count). The van der Waals surface area contributed by atoms with Crippen LogP contribution in [0.5, 0.6) is 0 Å². The van der Waals surface area contributed by atoms with Gasteiger partial charge in [0.15, 0.2) is 0 Å². The number of amides is 1. The molecule has 2 N–H and O–H groups in total. The van der Waals surface area contributed by atoms with Gasteiger partial charge >= 0.3 is 0 Å². The molecule has 1 amide bonds. The minimum absolute atomic E-state index is 0.0688. The molecular formula is C17H21NO3S. The minimum atomic E-state index is -1.02. The molecule has 0 aliphatic rings. The first-order valence-corrected chi connectivity index (χ1v) is 8.34. The van der Waals surface area contributed by atoms with Gasteiger partial charge in [0, 0.05) is 18.7 Å². The van der Waals surface area contributed by atoms with Crippen molar-refractivity contribution in [1.29, 1.82) is 0 Å². The van der Waals surface area contributed by atoms with Gasteiger partial charge in [0.2, 0.25) is 5.91 Å². The second-order valence-corrected chi connectivity index (χ2v) is 6.49. The lowest BCUT2D eigenvalue weighted by molar-refractivity contribution is -0.119. The molecule has 0 saturated carbocycles. The predicted molar refractivity (Wildman–Crippen MR) is 88.6 cm³/mol. The lowest BCUT2D eigenvalue weighted by Crippen LogP contribution is -2.42. The molecule has 1 aromatic carbocycles. The summed E-state index contributed by atoms with van der Waals surface area (Å²) in [6.07, 6.45) is 1.95. The highest BCUT2D eigenvalue weighted by Gasteiger charge is 2.23. The first kappa shape index (κ1) is 16.6. The highest BCUT2D eigenvalue weighted by atomic mass is 32.2. The van der Waals surface area contributed by atoms with E-state index in [9.17, 15) is 9.90 Å². The van der Waals surface area contributed by atoms with Crippen molar-refractivity contribution in [3.63, 3.8) is 0 Å². The number of benzene rings is 1. The van der Waals surface area contributed by atoms with Crippen LogP contribution in [0.4, 0.5) is 0 Å². The van der Waals surface area contributed by atoms with Crippen LogP contribution in [-0.2, 0) is 17.0 Å². The number of hydrogen-bond donors (Lipinski definition) is 2. The second kappa shape index (κ2) is 8.06. The zero-order valence-electron chi connectivity index (χ0n) is 12.6. The van der Waals surface area contributed by atoms with E-state index >= 15 is 0 Å². The maximum Gasteiger partial charge on any atom is 0.230 e. The summed E-state index contributed by atoms with van der Waals surface area (Å²) in [6.45, 7) is 1.89. The predicted octanol–water partition coefficient (Wildman–Crippen LogP) is 2.62. The number of furan rings is 1. The summed E-state index contributed by atoms with van der Waals surface area (Å²) >= 11 is 1.56. The number of rotatable bonds is 8. The van der Waals surface area contributed by atoms with Gasteiger partial charge in [0.1, 0.15) is 5.76 Å². The molecule has 0 spiro atoms. The fraction of sp³-hybridized carbons (Fsp3) is 0.353. The van der Waals surface area contributed by atoms with Crippen molar-refractivity contribution in [2.75, 3.05) is 12.3 Å². The standard InChI is InChI=1S/C17H21NO3S/c1-17(20,10-15-8-5-9-21-15)13-18-16(19)12-22-11-14-6-3-2-4-7-14/h2-9,20H,10-13H2,1H3,(H,18,19)/t17-/m1/s1. The van der Waals surface area contributed by atoms with Gasteiger partial charge in [0.05, 0.1) is 17.6 Å². The van der Waals surface area contributed by atoms with Gasteiger partial charge in [-0.2, -0.15) is 0 Å².